The first-order valence-electron chi connectivity index (χ1n) is 7.41. The molecule has 0 bridgehead atoms. The molecule has 0 fully saturated rings. The van der Waals surface area contributed by atoms with Gasteiger partial charge in [0.1, 0.15) is 0 Å². The maximum atomic E-state index is 11.3. The van der Waals surface area contributed by atoms with Crippen molar-refractivity contribution in [2.24, 2.45) is 5.73 Å². The zero-order valence-electron chi connectivity index (χ0n) is 14.2. The molecule has 0 spiro atoms. The summed E-state index contributed by atoms with van der Waals surface area (Å²) in [6, 6.07) is 4.75. The Balaban J connectivity index is 0.00000261. The van der Waals surface area contributed by atoms with Gasteiger partial charge < -0.3 is 16.4 Å². The van der Waals surface area contributed by atoms with Gasteiger partial charge in [-0.3, -0.25) is 9.59 Å². The Bertz CT molecular complexity index is 1000. The number of hydrogen-bond donors (Lipinski definition) is 3. The van der Waals surface area contributed by atoms with Gasteiger partial charge in [0.25, 0.3) is 0 Å². The highest BCUT2D eigenvalue weighted by atomic mass is 79.9. The summed E-state index contributed by atoms with van der Waals surface area (Å²) >= 11 is 8.91. The van der Waals surface area contributed by atoms with E-state index in [1.807, 2.05) is 12.3 Å². The fourth-order valence-corrected chi connectivity index (χ4v) is 4.09. The van der Waals surface area contributed by atoms with Gasteiger partial charge in [0.2, 0.25) is 11.8 Å². The lowest BCUT2D eigenvalue weighted by atomic mass is 10.2. The van der Waals surface area contributed by atoms with E-state index in [0.29, 0.717) is 26.5 Å². The number of thiazole rings is 2. The summed E-state index contributed by atoms with van der Waals surface area (Å²) in [6.07, 6.45) is 0. The highest BCUT2D eigenvalue weighted by Crippen LogP contribution is 2.36. The van der Waals surface area contributed by atoms with Crippen LogP contribution >= 0.6 is 51.3 Å². The van der Waals surface area contributed by atoms with Crippen LogP contribution in [0.1, 0.15) is 23.0 Å². The molecular weight excluding hydrogens is 474 g/mol. The fourth-order valence-electron chi connectivity index (χ4n) is 2.16. The maximum Gasteiger partial charge on any atom is 0.248 e. The van der Waals surface area contributed by atoms with Gasteiger partial charge in [-0.2, -0.15) is 0 Å². The quantitative estimate of drug-likeness (QED) is 0.486. The van der Waals surface area contributed by atoms with Gasteiger partial charge in [-0.05, 0) is 25.1 Å². The first kappa shape index (κ1) is 21.3. The van der Waals surface area contributed by atoms with E-state index in [1.165, 1.54) is 29.6 Å². The van der Waals surface area contributed by atoms with Crippen LogP contribution in [0.15, 0.2) is 23.6 Å². The summed E-state index contributed by atoms with van der Waals surface area (Å²) in [5.74, 6) is -0.703. The molecule has 2 amide bonds. The van der Waals surface area contributed by atoms with Gasteiger partial charge in [-0.1, -0.05) is 22.9 Å². The van der Waals surface area contributed by atoms with Crippen LogP contribution in [0.25, 0.3) is 10.6 Å². The average Bonchev–Trinajstić information content (AvgIpc) is 3.15. The van der Waals surface area contributed by atoms with Crippen LogP contribution in [-0.4, -0.2) is 21.8 Å². The van der Waals surface area contributed by atoms with Gasteiger partial charge in [-0.15, -0.1) is 28.3 Å². The van der Waals surface area contributed by atoms with Crippen molar-refractivity contribution in [3.63, 3.8) is 0 Å². The number of aromatic nitrogens is 2. The van der Waals surface area contributed by atoms with Crippen LogP contribution in [0, 0.1) is 6.92 Å². The molecule has 0 saturated heterocycles. The van der Waals surface area contributed by atoms with Crippen molar-refractivity contribution in [1.82, 2.24) is 9.97 Å². The van der Waals surface area contributed by atoms with Gasteiger partial charge >= 0.3 is 0 Å². The summed E-state index contributed by atoms with van der Waals surface area (Å²) in [6.45, 7) is 3.29. The highest BCUT2D eigenvalue weighted by Gasteiger charge is 2.15. The summed E-state index contributed by atoms with van der Waals surface area (Å²) in [7, 11) is 0. The Labute approximate surface area is 178 Å². The standard InChI is InChI=1S/C16H14ClN5O2S2.BrH/c1-7-13(26-16(19-7)20-8(2)23)12-6-25-15(22-12)21-11-5-9(14(18)24)3-4-10(11)17;/h3-6H,1-2H3,(H2,18,24)(H,21,22)(H,19,20,23);1H. The molecule has 27 heavy (non-hydrogen) atoms. The second-order valence-electron chi connectivity index (χ2n) is 5.34. The van der Waals surface area contributed by atoms with Crippen LogP contribution in [0.2, 0.25) is 5.02 Å². The maximum absolute atomic E-state index is 11.3. The number of nitrogens with two attached hydrogens (primary N) is 1. The summed E-state index contributed by atoms with van der Waals surface area (Å²) < 4.78 is 0. The molecule has 11 heteroatoms. The van der Waals surface area contributed by atoms with Crippen LogP contribution in [0.4, 0.5) is 16.0 Å². The molecule has 1 aromatic carbocycles. The Morgan fingerprint density at radius 3 is 2.63 bits per heavy atom. The summed E-state index contributed by atoms with van der Waals surface area (Å²) in [5.41, 5.74) is 7.72. The van der Waals surface area contributed by atoms with Crippen LogP contribution in [-0.2, 0) is 4.79 Å². The summed E-state index contributed by atoms with van der Waals surface area (Å²) in [4.78, 5) is 32.2. The number of hydrogen-bond acceptors (Lipinski definition) is 7. The van der Waals surface area contributed by atoms with E-state index in [9.17, 15) is 9.59 Å². The number of aryl methyl sites for hydroxylation is 1. The first-order valence-corrected chi connectivity index (χ1v) is 9.48. The van der Waals surface area contributed by atoms with Crippen molar-refractivity contribution in [2.75, 3.05) is 10.6 Å². The molecule has 0 radical (unpaired) electrons. The van der Waals surface area contributed by atoms with Crippen LogP contribution in [0.3, 0.4) is 0 Å². The highest BCUT2D eigenvalue weighted by molar-refractivity contribution is 8.93. The van der Waals surface area contributed by atoms with E-state index < -0.39 is 5.91 Å². The Hall–Kier alpha value is -2.01. The third kappa shape index (κ3) is 5.04. The molecule has 2 heterocycles. The number of carbonyl (C=O) groups excluding carboxylic acids is 2. The molecular formula is C16H15BrClN5O2S2. The molecule has 0 unspecified atom stereocenters. The van der Waals surface area contributed by atoms with Gasteiger partial charge in [0, 0.05) is 17.9 Å². The zero-order chi connectivity index (χ0) is 18.8. The topological polar surface area (TPSA) is 110 Å². The predicted octanol–water partition coefficient (Wildman–Crippen LogP) is 4.61. The van der Waals surface area contributed by atoms with E-state index in [1.54, 1.807) is 18.2 Å². The van der Waals surface area contributed by atoms with E-state index in [0.717, 1.165) is 16.3 Å². The molecule has 3 rings (SSSR count). The average molecular weight is 489 g/mol. The van der Waals surface area contributed by atoms with Gasteiger partial charge in [0.05, 0.1) is 27.0 Å². The van der Waals surface area contributed by atoms with Crippen LogP contribution in [0.5, 0.6) is 0 Å². The number of rotatable bonds is 5. The number of amides is 2. The molecule has 3 aromatic rings. The molecule has 0 aliphatic heterocycles. The number of carbonyl (C=O) groups is 2. The molecule has 7 nitrogen and oxygen atoms in total. The van der Waals surface area contributed by atoms with E-state index in [2.05, 4.69) is 20.6 Å². The van der Waals surface area contributed by atoms with E-state index >= 15 is 0 Å². The van der Waals surface area contributed by atoms with Crippen molar-refractivity contribution in [1.29, 1.82) is 0 Å². The predicted molar refractivity (Wildman–Crippen MR) is 116 cm³/mol. The minimum atomic E-state index is -0.532. The molecule has 142 valence electrons. The lowest BCUT2D eigenvalue weighted by Crippen LogP contribution is -2.11. The van der Waals surface area contributed by atoms with Crippen LogP contribution < -0.4 is 16.4 Å². The molecule has 0 saturated carbocycles. The molecule has 4 N–H and O–H groups in total. The number of nitrogens with one attached hydrogen (secondary N) is 2. The molecule has 0 aliphatic rings. The SMILES string of the molecule is Br.CC(=O)Nc1nc(C)c(-c2csc(Nc3cc(C(N)=O)ccc3Cl)n2)s1. The second kappa shape index (κ2) is 8.79. The van der Waals surface area contributed by atoms with E-state index in [4.69, 9.17) is 17.3 Å². The Morgan fingerprint density at radius 2 is 1.96 bits per heavy atom. The zero-order valence-corrected chi connectivity index (χ0v) is 18.3. The lowest BCUT2D eigenvalue weighted by molar-refractivity contribution is -0.114. The third-order valence-electron chi connectivity index (χ3n) is 3.31. The van der Waals surface area contributed by atoms with E-state index in [-0.39, 0.29) is 22.9 Å². The molecule has 0 atom stereocenters. The normalized spacial score (nSPS) is 10.2. The van der Waals surface area contributed by atoms with Crippen molar-refractivity contribution < 1.29 is 9.59 Å². The third-order valence-corrected chi connectivity index (χ3v) is 5.49. The fraction of sp³-hybridized carbons (Fsp3) is 0.125. The van der Waals surface area contributed by atoms with Gasteiger partial charge in [0.15, 0.2) is 10.3 Å². The number of primary amides is 1. The Morgan fingerprint density at radius 1 is 1.22 bits per heavy atom. The lowest BCUT2D eigenvalue weighted by Gasteiger charge is -2.06. The number of anilines is 3. The number of nitrogens with zero attached hydrogens (tertiary/aromatic N) is 2. The van der Waals surface area contributed by atoms with Crippen molar-refractivity contribution in [2.45, 2.75) is 13.8 Å². The van der Waals surface area contributed by atoms with Crippen molar-refractivity contribution >= 4 is 79.0 Å². The Kier molecular flexibility index (Phi) is 6.93. The van der Waals surface area contributed by atoms with Gasteiger partial charge in [-0.25, -0.2) is 9.97 Å². The minimum Gasteiger partial charge on any atom is -0.366 e. The molecule has 0 aliphatic carbocycles. The van der Waals surface area contributed by atoms with Crippen molar-refractivity contribution in [3.05, 3.63) is 39.9 Å². The smallest absolute Gasteiger partial charge is 0.248 e. The minimum absolute atomic E-state index is 0. The summed E-state index contributed by atoms with van der Waals surface area (Å²) in [5, 5.41) is 9.25. The molecule has 2 aromatic heterocycles. The second-order valence-corrected chi connectivity index (χ2v) is 7.60. The monoisotopic (exact) mass is 487 g/mol. The number of benzene rings is 1. The number of halogens is 2. The first-order chi connectivity index (χ1) is 12.3. The largest absolute Gasteiger partial charge is 0.366 e. The van der Waals surface area contributed by atoms with Crippen molar-refractivity contribution in [3.8, 4) is 10.6 Å².